The Hall–Kier alpha value is -3.46. The van der Waals surface area contributed by atoms with E-state index >= 15 is 4.39 Å². The van der Waals surface area contributed by atoms with Gasteiger partial charge in [-0.25, -0.2) is 8.96 Å². The maximum Gasteiger partial charge on any atom is 0.216 e. The highest BCUT2D eigenvalue weighted by Crippen LogP contribution is 2.46. The van der Waals surface area contributed by atoms with E-state index < -0.39 is 0 Å². The molecule has 0 spiro atoms. The lowest BCUT2D eigenvalue weighted by atomic mass is 9.80. The minimum Gasteiger partial charge on any atom is -0.454 e. The van der Waals surface area contributed by atoms with Crippen LogP contribution in [0.5, 0.6) is 0 Å². The van der Waals surface area contributed by atoms with Crippen LogP contribution >= 0.6 is 0 Å². The summed E-state index contributed by atoms with van der Waals surface area (Å²) >= 11 is 0. The molecule has 1 fully saturated rings. The molecule has 0 radical (unpaired) electrons. The molecule has 192 valence electrons. The van der Waals surface area contributed by atoms with Crippen molar-refractivity contribution in [3.05, 3.63) is 88.4 Å². The van der Waals surface area contributed by atoms with Crippen LogP contribution in [0.4, 0.5) is 4.39 Å². The molecule has 0 amide bonds. The molecule has 0 N–H and O–H groups in total. The van der Waals surface area contributed by atoms with Gasteiger partial charge >= 0.3 is 0 Å². The van der Waals surface area contributed by atoms with Crippen LogP contribution in [0.1, 0.15) is 72.3 Å². The van der Waals surface area contributed by atoms with Gasteiger partial charge < -0.3 is 4.42 Å². The fourth-order valence-corrected chi connectivity index (χ4v) is 7.24. The summed E-state index contributed by atoms with van der Waals surface area (Å²) < 4.78 is 24.7. The summed E-state index contributed by atoms with van der Waals surface area (Å²) in [5, 5.41) is 2.02. The molecule has 3 heteroatoms. The summed E-state index contributed by atoms with van der Waals surface area (Å²) in [6, 6.07) is 16.7. The molecule has 2 nitrogen and oxygen atoms in total. The van der Waals surface area contributed by atoms with E-state index in [1.165, 1.54) is 54.4 Å². The Kier molecular flexibility index (Phi) is 5.65. The van der Waals surface area contributed by atoms with Crippen LogP contribution in [0.3, 0.4) is 0 Å². The van der Waals surface area contributed by atoms with Crippen molar-refractivity contribution >= 4 is 21.9 Å². The molecule has 0 bridgehead atoms. The lowest BCUT2D eigenvalue weighted by Gasteiger charge is -2.25. The number of pyridine rings is 1. The minimum absolute atomic E-state index is 0.199. The van der Waals surface area contributed by atoms with E-state index in [0.717, 1.165) is 58.0 Å². The van der Waals surface area contributed by atoms with Crippen molar-refractivity contribution in [1.29, 1.82) is 0 Å². The Balaban J connectivity index is 1.48. The zero-order valence-corrected chi connectivity index (χ0v) is 22.7. The summed E-state index contributed by atoms with van der Waals surface area (Å²) in [6.45, 7) is 4.24. The second-order valence-electron chi connectivity index (χ2n) is 11.6. The first-order valence-electron chi connectivity index (χ1n) is 14.3. The summed E-state index contributed by atoms with van der Waals surface area (Å²) in [5.41, 5.74) is 12.1. The second kappa shape index (κ2) is 9.08. The molecule has 38 heavy (non-hydrogen) atoms. The van der Waals surface area contributed by atoms with Crippen molar-refractivity contribution in [2.24, 2.45) is 7.05 Å². The van der Waals surface area contributed by atoms with Crippen molar-refractivity contribution in [2.75, 3.05) is 0 Å². The number of hydrogen-bond acceptors (Lipinski definition) is 1. The Morgan fingerprint density at radius 1 is 0.789 bits per heavy atom. The van der Waals surface area contributed by atoms with Crippen LogP contribution in [0.15, 0.2) is 59.1 Å². The quantitative estimate of drug-likeness (QED) is 0.224. The molecule has 0 atom stereocenters. The van der Waals surface area contributed by atoms with Crippen LogP contribution in [0.25, 0.3) is 44.3 Å². The van der Waals surface area contributed by atoms with E-state index in [-0.39, 0.29) is 5.82 Å². The van der Waals surface area contributed by atoms with Crippen molar-refractivity contribution < 1.29 is 13.4 Å². The summed E-state index contributed by atoms with van der Waals surface area (Å²) in [6.07, 6.45) is 12.0. The topological polar surface area (TPSA) is 17.0 Å². The molecule has 3 aromatic carbocycles. The van der Waals surface area contributed by atoms with Gasteiger partial charge in [0.25, 0.3) is 0 Å². The predicted octanol–water partition coefficient (Wildman–Crippen LogP) is 9.04. The van der Waals surface area contributed by atoms with Gasteiger partial charge in [0.1, 0.15) is 24.0 Å². The summed E-state index contributed by atoms with van der Waals surface area (Å²) in [5.74, 6) is 0.465. The molecule has 0 saturated heterocycles. The van der Waals surface area contributed by atoms with Gasteiger partial charge in [0.05, 0.1) is 11.1 Å². The minimum atomic E-state index is -0.199. The zero-order valence-electron chi connectivity index (χ0n) is 22.7. The standard InChI is InChI=1S/C35H35FNO/c1-21-18-19-37(3)31(20-21)32-22(2)12-13-28-29-16-17-30(36)33(35(29)38-34(28)32)27-15-14-24(23-8-5-4-6-9-23)25-10-7-11-26(25)27/h12-20,23H,4-11H2,1-3H3/q+1. The van der Waals surface area contributed by atoms with Gasteiger partial charge in [-0.3, -0.25) is 0 Å². The number of rotatable bonds is 3. The third-order valence-electron chi connectivity index (χ3n) is 9.16. The second-order valence-corrected chi connectivity index (χ2v) is 11.6. The molecule has 7 rings (SSSR count). The van der Waals surface area contributed by atoms with Crippen molar-refractivity contribution in [2.45, 2.75) is 71.1 Å². The van der Waals surface area contributed by atoms with Crippen LogP contribution in [-0.4, -0.2) is 0 Å². The van der Waals surface area contributed by atoms with E-state index in [1.807, 2.05) is 6.07 Å². The molecule has 2 aliphatic rings. The van der Waals surface area contributed by atoms with E-state index in [2.05, 4.69) is 68.1 Å². The van der Waals surface area contributed by atoms with Crippen LogP contribution in [0.2, 0.25) is 0 Å². The highest BCUT2D eigenvalue weighted by Gasteiger charge is 2.28. The average molecular weight is 505 g/mol. The lowest BCUT2D eigenvalue weighted by Crippen LogP contribution is -2.30. The van der Waals surface area contributed by atoms with Crippen LogP contribution in [-0.2, 0) is 19.9 Å². The predicted molar refractivity (Wildman–Crippen MR) is 153 cm³/mol. The van der Waals surface area contributed by atoms with E-state index in [0.29, 0.717) is 17.1 Å². The molecule has 5 aromatic rings. The highest BCUT2D eigenvalue weighted by molar-refractivity contribution is 6.13. The SMILES string of the molecule is Cc1cc[n+](C)c(-c2c(C)ccc3c2oc2c(-c4ccc(C5CCCCC5)c5c4CCC5)c(F)ccc23)c1. The number of benzene rings is 3. The fraction of sp³-hybridized carbons (Fsp3) is 0.343. The van der Waals surface area contributed by atoms with Crippen molar-refractivity contribution in [1.82, 2.24) is 0 Å². The number of nitrogens with zero attached hydrogens (tertiary/aromatic N) is 1. The van der Waals surface area contributed by atoms with E-state index in [9.17, 15) is 0 Å². The number of aryl methyl sites for hydroxylation is 3. The molecule has 2 aromatic heterocycles. The monoisotopic (exact) mass is 504 g/mol. The lowest BCUT2D eigenvalue weighted by molar-refractivity contribution is -0.660. The molecule has 0 aliphatic heterocycles. The normalized spacial score (nSPS) is 16.0. The maximum atomic E-state index is 15.8. The maximum absolute atomic E-state index is 15.8. The molecule has 2 aliphatic carbocycles. The van der Waals surface area contributed by atoms with E-state index in [1.54, 1.807) is 6.07 Å². The van der Waals surface area contributed by atoms with Crippen LogP contribution < -0.4 is 4.57 Å². The summed E-state index contributed by atoms with van der Waals surface area (Å²) in [4.78, 5) is 0. The van der Waals surface area contributed by atoms with Gasteiger partial charge in [0, 0.05) is 22.9 Å². The van der Waals surface area contributed by atoms with Gasteiger partial charge in [-0.1, -0.05) is 43.5 Å². The molecular formula is C35H35FNO+. The summed E-state index contributed by atoms with van der Waals surface area (Å²) in [7, 11) is 2.07. The number of furan rings is 1. The van der Waals surface area contributed by atoms with Gasteiger partial charge in [0.2, 0.25) is 5.69 Å². The molecule has 0 unspecified atom stereocenters. The smallest absolute Gasteiger partial charge is 0.216 e. The third kappa shape index (κ3) is 3.62. The Morgan fingerprint density at radius 3 is 2.34 bits per heavy atom. The first-order valence-corrected chi connectivity index (χ1v) is 14.3. The van der Waals surface area contributed by atoms with Gasteiger partial charge in [-0.05, 0) is 97.4 Å². The Morgan fingerprint density at radius 2 is 1.53 bits per heavy atom. The average Bonchev–Trinajstić information content (AvgIpc) is 3.56. The molecule has 1 saturated carbocycles. The Bertz CT molecular complexity index is 1720. The van der Waals surface area contributed by atoms with Crippen molar-refractivity contribution in [3.8, 4) is 22.4 Å². The third-order valence-corrected chi connectivity index (χ3v) is 9.16. The number of hydrogen-bond donors (Lipinski definition) is 0. The fourth-order valence-electron chi connectivity index (χ4n) is 7.24. The van der Waals surface area contributed by atoms with Gasteiger partial charge in [-0.2, -0.15) is 0 Å². The van der Waals surface area contributed by atoms with Crippen molar-refractivity contribution in [3.63, 3.8) is 0 Å². The number of halogens is 1. The number of fused-ring (bicyclic) bond motifs is 4. The first kappa shape index (κ1) is 23.6. The van der Waals surface area contributed by atoms with Crippen LogP contribution in [0, 0.1) is 19.7 Å². The first-order chi connectivity index (χ1) is 18.5. The molecule has 2 heterocycles. The zero-order chi connectivity index (χ0) is 26.0. The van der Waals surface area contributed by atoms with E-state index in [4.69, 9.17) is 4.42 Å². The van der Waals surface area contributed by atoms with Gasteiger partial charge in [0.15, 0.2) is 6.20 Å². The van der Waals surface area contributed by atoms with Gasteiger partial charge in [-0.15, -0.1) is 0 Å². The highest BCUT2D eigenvalue weighted by atomic mass is 19.1. The molecular weight excluding hydrogens is 469 g/mol. The number of aromatic nitrogens is 1. The largest absolute Gasteiger partial charge is 0.454 e. The Labute approximate surface area is 224 Å².